The van der Waals surface area contributed by atoms with Crippen molar-refractivity contribution in [1.29, 1.82) is 0 Å². The zero-order valence-corrected chi connectivity index (χ0v) is 12.3. The van der Waals surface area contributed by atoms with Crippen molar-refractivity contribution in [3.05, 3.63) is 70.0 Å². The van der Waals surface area contributed by atoms with Gasteiger partial charge in [-0.15, -0.1) is 0 Å². The molecule has 1 unspecified atom stereocenters. The SMILES string of the molecule is Cc1cccc(C(Br)Cc2cccc(Cl)c2)c1F. The van der Waals surface area contributed by atoms with E-state index in [4.69, 9.17) is 11.6 Å². The Bertz CT molecular complexity index is 554. The molecule has 0 heterocycles. The summed E-state index contributed by atoms with van der Waals surface area (Å²) in [5.41, 5.74) is 2.45. The quantitative estimate of drug-likeness (QED) is 0.656. The number of halogens is 3. The Morgan fingerprint density at radius 1 is 1.22 bits per heavy atom. The Labute approximate surface area is 120 Å². The first-order valence-corrected chi connectivity index (χ1v) is 7.01. The summed E-state index contributed by atoms with van der Waals surface area (Å²) in [7, 11) is 0. The van der Waals surface area contributed by atoms with Gasteiger partial charge in [-0.05, 0) is 36.6 Å². The lowest BCUT2D eigenvalue weighted by Crippen LogP contribution is -2.00. The van der Waals surface area contributed by atoms with Crippen molar-refractivity contribution in [2.45, 2.75) is 18.2 Å². The van der Waals surface area contributed by atoms with Crippen molar-refractivity contribution in [3.63, 3.8) is 0 Å². The van der Waals surface area contributed by atoms with Crippen molar-refractivity contribution >= 4 is 27.5 Å². The minimum atomic E-state index is -0.138. The molecule has 0 aliphatic carbocycles. The summed E-state index contributed by atoms with van der Waals surface area (Å²) in [5.74, 6) is -0.138. The molecule has 0 saturated heterocycles. The molecule has 0 spiro atoms. The number of hydrogen-bond acceptors (Lipinski definition) is 0. The fraction of sp³-hybridized carbons (Fsp3) is 0.200. The van der Waals surface area contributed by atoms with E-state index in [0.717, 1.165) is 5.56 Å². The summed E-state index contributed by atoms with van der Waals surface area (Å²) in [6.07, 6.45) is 0.709. The average Bonchev–Trinajstić information content (AvgIpc) is 2.32. The van der Waals surface area contributed by atoms with Crippen molar-refractivity contribution < 1.29 is 4.39 Å². The van der Waals surface area contributed by atoms with Gasteiger partial charge < -0.3 is 0 Å². The maximum absolute atomic E-state index is 14.0. The Morgan fingerprint density at radius 3 is 2.67 bits per heavy atom. The first-order chi connectivity index (χ1) is 8.58. The highest BCUT2D eigenvalue weighted by Gasteiger charge is 2.14. The largest absolute Gasteiger partial charge is 0.206 e. The Morgan fingerprint density at radius 2 is 1.94 bits per heavy atom. The summed E-state index contributed by atoms with van der Waals surface area (Å²) in [6.45, 7) is 1.78. The molecule has 0 aliphatic rings. The zero-order chi connectivity index (χ0) is 13.1. The molecule has 0 nitrogen and oxygen atoms in total. The van der Waals surface area contributed by atoms with Crippen LogP contribution < -0.4 is 0 Å². The monoisotopic (exact) mass is 326 g/mol. The first-order valence-electron chi connectivity index (χ1n) is 5.71. The molecule has 2 aromatic carbocycles. The molecule has 94 valence electrons. The second-order valence-electron chi connectivity index (χ2n) is 4.28. The molecule has 0 radical (unpaired) electrons. The van der Waals surface area contributed by atoms with Gasteiger partial charge in [-0.25, -0.2) is 4.39 Å². The minimum absolute atomic E-state index is 0.0455. The van der Waals surface area contributed by atoms with Crippen LogP contribution in [0.25, 0.3) is 0 Å². The second-order valence-corrected chi connectivity index (χ2v) is 5.82. The summed E-state index contributed by atoms with van der Waals surface area (Å²) in [6, 6.07) is 13.1. The van der Waals surface area contributed by atoms with Crippen LogP contribution in [-0.2, 0) is 6.42 Å². The smallest absolute Gasteiger partial charge is 0.130 e. The van der Waals surface area contributed by atoms with Crippen molar-refractivity contribution in [2.75, 3.05) is 0 Å². The fourth-order valence-electron chi connectivity index (χ4n) is 1.89. The third-order valence-corrected chi connectivity index (χ3v) is 3.92. The van der Waals surface area contributed by atoms with Gasteiger partial charge in [0.25, 0.3) is 0 Å². The molecule has 0 N–H and O–H groups in total. The van der Waals surface area contributed by atoms with Crippen LogP contribution in [0.2, 0.25) is 5.02 Å². The topological polar surface area (TPSA) is 0 Å². The Kier molecular flexibility index (Phi) is 4.41. The van der Waals surface area contributed by atoms with Crippen molar-refractivity contribution in [3.8, 4) is 0 Å². The number of benzene rings is 2. The van der Waals surface area contributed by atoms with Crippen LogP contribution in [0.5, 0.6) is 0 Å². The highest BCUT2D eigenvalue weighted by molar-refractivity contribution is 9.09. The van der Waals surface area contributed by atoms with Gasteiger partial charge in [-0.3, -0.25) is 0 Å². The molecule has 2 rings (SSSR count). The molecule has 0 bridgehead atoms. The average molecular weight is 328 g/mol. The first kappa shape index (κ1) is 13.6. The van der Waals surface area contributed by atoms with Crippen molar-refractivity contribution in [1.82, 2.24) is 0 Å². The highest BCUT2D eigenvalue weighted by Crippen LogP contribution is 2.30. The van der Waals surface area contributed by atoms with E-state index in [9.17, 15) is 4.39 Å². The Balaban J connectivity index is 2.22. The summed E-state index contributed by atoms with van der Waals surface area (Å²) in [5, 5.41) is 0.705. The van der Waals surface area contributed by atoms with E-state index < -0.39 is 0 Å². The molecule has 18 heavy (non-hydrogen) atoms. The third kappa shape index (κ3) is 3.12. The van der Waals surface area contributed by atoms with Crippen LogP contribution >= 0.6 is 27.5 Å². The van der Waals surface area contributed by atoms with Crippen LogP contribution in [0.15, 0.2) is 42.5 Å². The lowest BCUT2D eigenvalue weighted by Gasteiger charge is -2.12. The van der Waals surface area contributed by atoms with E-state index >= 15 is 0 Å². The standard InChI is InChI=1S/C15H13BrClF/c1-10-4-2-7-13(15(10)18)14(16)9-11-5-3-6-12(17)8-11/h2-8,14H,9H2,1H3. The van der Waals surface area contributed by atoms with Gasteiger partial charge in [0.2, 0.25) is 0 Å². The van der Waals surface area contributed by atoms with Crippen LogP contribution in [-0.4, -0.2) is 0 Å². The van der Waals surface area contributed by atoms with E-state index in [0.29, 0.717) is 22.6 Å². The zero-order valence-electron chi connectivity index (χ0n) is 9.96. The molecular weight excluding hydrogens is 315 g/mol. The van der Waals surface area contributed by atoms with Crippen LogP contribution in [0.1, 0.15) is 21.5 Å². The maximum atomic E-state index is 14.0. The normalized spacial score (nSPS) is 12.4. The molecule has 0 amide bonds. The highest BCUT2D eigenvalue weighted by atomic mass is 79.9. The van der Waals surface area contributed by atoms with Gasteiger partial charge in [0, 0.05) is 15.4 Å². The third-order valence-electron chi connectivity index (χ3n) is 2.86. The van der Waals surface area contributed by atoms with Crippen LogP contribution in [0.4, 0.5) is 4.39 Å². The Hall–Kier alpha value is -0.860. The van der Waals surface area contributed by atoms with E-state index in [-0.39, 0.29) is 10.6 Å². The van der Waals surface area contributed by atoms with Crippen LogP contribution in [0, 0.1) is 12.7 Å². The molecular formula is C15H13BrClF. The van der Waals surface area contributed by atoms with Gasteiger partial charge in [-0.1, -0.05) is 57.9 Å². The van der Waals surface area contributed by atoms with Gasteiger partial charge in [0.1, 0.15) is 5.82 Å². The van der Waals surface area contributed by atoms with Gasteiger partial charge in [0.05, 0.1) is 0 Å². The molecule has 0 aromatic heterocycles. The lowest BCUT2D eigenvalue weighted by atomic mass is 10.0. The van der Waals surface area contributed by atoms with Gasteiger partial charge in [0.15, 0.2) is 0 Å². The number of alkyl halides is 1. The lowest BCUT2D eigenvalue weighted by molar-refractivity contribution is 0.599. The summed E-state index contributed by atoms with van der Waals surface area (Å²) in [4.78, 5) is -0.0455. The molecule has 2 aromatic rings. The molecule has 0 aliphatic heterocycles. The number of rotatable bonds is 3. The predicted molar refractivity (Wildman–Crippen MR) is 78.0 cm³/mol. The van der Waals surface area contributed by atoms with Gasteiger partial charge in [-0.2, -0.15) is 0 Å². The summed E-state index contributed by atoms with van der Waals surface area (Å²) < 4.78 is 14.0. The summed E-state index contributed by atoms with van der Waals surface area (Å²) >= 11 is 9.49. The predicted octanol–water partition coefficient (Wildman–Crippen LogP) is 5.47. The number of hydrogen-bond donors (Lipinski definition) is 0. The van der Waals surface area contributed by atoms with E-state index in [1.54, 1.807) is 13.0 Å². The van der Waals surface area contributed by atoms with Gasteiger partial charge >= 0.3 is 0 Å². The minimum Gasteiger partial charge on any atom is -0.206 e. The van der Waals surface area contributed by atoms with E-state index in [1.165, 1.54) is 0 Å². The van der Waals surface area contributed by atoms with E-state index in [1.807, 2.05) is 36.4 Å². The molecule has 0 fully saturated rings. The number of aryl methyl sites for hydroxylation is 1. The molecule has 3 heteroatoms. The maximum Gasteiger partial charge on any atom is 0.130 e. The van der Waals surface area contributed by atoms with E-state index in [2.05, 4.69) is 15.9 Å². The van der Waals surface area contributed by atoms with Crippen LogP contribution in [0.3, 0.4) is 0 Å². The second kappa shape index (κ2) is 5.85. The molecule has 1 atom stereocenters. The fourth-order valence-corrected chi connectivity index (χ4v) is 2.83. The molecule has 0 saturated carbocycles. The van der Waals surface area contributed by atoms with Crippen molar-refractivity contribution in [2.24, 2.45) is 0 Å².